The SMILES string of the molecule is CC[Si](CC)(O[C@@H]1CO[Si](C(C)(C)C)(C(C)(C)C)O[C@H]1C[C@@H]1[CH-]O1)C(C)C. The quantitative estimate of drug-likeness (QED) is 0.283. The third-order valence-corrected chi connectivity index (χ3v) is 17.0. The molecule has 0 bridgehead atoms. The van der Waals surface area contributed by atoms with Gasteiger partial charge in [-0.1, -0.05) is 75.3 Å². The van der Waals surface area contributed by atoms with Gasteiger partial charge in [-0.15, -0.1) is 0 Å². The van der Waals surface area contributed by atoms with E-state index in [1.54, 1.807) is 0 Å². The third-order valence-electron chi connectivity index (χ3n) is 6.59. The molecule has 0 aliphatic carbocycles. The maximum Gasteiger partial charge on any atom is 0.349 e. The molecule has 2 aliphatic rings. The lowest BCUT2D eigenvalue weighted by Crippen LogP contribution is -2.66. The van der Waals surface area contributed by atoms with Crippen molar-refractivity contribution < 1.29 is 18.0 Å². The molecule has 6 heteroatoms. The summed E-state index contributed by atoms with van der Waals surface area (Å²) in [4.78, 5) is 0. The van der Waals surface area contributed by atoms with Gasteiger partial charge in [0, 0.05) is 10.1 Å². The summed E-state index contributed by atoms with van der Waals surface area (Å²) in [7, 11) is -4.30. The van der Waals surface area contributed by atoms with Gasteiger partial charge in [0.25, 0.3) is 0 Å². The van der Waals surface area contributed by atoms with Gasteiger partial charge in [0.15, 0.2) is 8.32 Å². The number of ether oxygens (including phenoxy) is 1. The summed E-state index contributed by atoms with van der Waals surface area (Å²) in [5.41, 5.74) is 0.589. The first-order valence-corrected chi connectivity index (χ1v) is 15.0. The highest BCUT2D eigenvalue weighted by Crippen LogP contribution is 2.55. The Morgan fingerprint density at radius 2 is 1.59 bits per heavy atom. The van der Waals surface area contributed by atoms with E-state index in [-0.39, 0.29) is 28.4 Å². The molecule has 2 fully saturated rings. The molecule has 27 heavy (non-hydrogen) atoms. The second-order valence-electron chi connectivity index (χ2n) is 10.7. The lowest BCUT2D eigenvalue weighted by molar-refractivity contribution is -0.0730. The van der Waals surface area contributed by atoms with Crippen molar-refractivity contribution in [3.63, 3.8) is 0 Å². The molecule has 3 atom stereocenters. The van der Waals surface area contributed by atoms with Gasteiger partial charge < -0.3 is 18.0 Å². The average Bonchev–Trinajstić information content (AvgIpc) is 3.35. The molecule has 4 nitrogen and oxygen atoms in total. The van der Waals surface area contributed by atoms with Crippen molar-refractivity contribution in [2.45, 2.75) is 122 Å². The maximum absolute atomic E-state index is 6.99. The fourth-order valence-corrected chi connectivity index (χ4v) is 13.4. The van der Waals surface area contributed by atoms with Crippen molar-refractivity contribution in [1.82, 2.24) is 0 Å². The van der Waals surface area contributed by atoms with Crippen molar-refractivity contribution in [2.24, 2.45) is 0 Å². The number of hydrogen-bond donors (Lipinski definition) is 0. The molecule has 0 radical (unpaired) electrons. The molecule has 2 saturated heterocycles. The fraction of sp³-hybridized carbons (Fsp3) is 0.952. The highest BCUT2D eigenvalue weighted by atomic mass is 28.4. The Morgan fingerprint density at radius 1 is 1.07 bits per heavy atom. The Kier molecular flexibility index (Phi) is 7.14. The van der Waals surface area contributed by atoms with Gasteiger partial charge in [0.2, 0.25) is 0 Å². The molecule has 0 spiro atoms. The predicted molar refractivity (Wildman–Crippen MR) is 116 cm³/mol. The monoisotopic (exact) mass is 415 g/mol. The standard InChI is InChI=1S/C21H43O4Si2/c1-11-26(12-2,16(3)4)24-19-15-23-27(20(5,6)7,21(8,9)10)25-18(19)13-17-14-22-17/h14,16-19H,11-13,15H2,1-10H3/q-1/t17-,18+,19-/m1/s1. The van der Waals surface area contributed by atoms with Crippen LogP contribution in [0.15, 0.2) is 0 Å². The van der Waals surface area contributed by atoms with E-state index in [1.807, 2.05) is 6.61 Å². The van der Waals surface area contributed by atoms with Crippen LogP contribution in [0.25, 0.3) is 0 Å². The molecule has 0 aromatic heterocycles. The predicted octanol–water partition coefficient (Wildman–Crippen LogP) is 6.18. The van der Waals surface area contributed by atoms with Crippen LogP contribution in [0, 0.1) is 6.61 Å². The molecule has 0 aromatic rings. The van der Waals surface area contributed by atoms with Crippen LogP contribution < -0.4 is 0 Å². The molecule has 2 rings (SSSR count). The van der Waals surface area contributed by atoms with Crippen LogP contribution in [0.1, 0.15) is 75.7 Å². The Balaban J connectivity index is 2.31. The summed E-state index contributed by atoms with van der Waals surface area (Å²) >= 11 is 0. The number of hydrogen-bond acceptors (Lipinski definition) is 4. The van der Waals surface area contributed by atoms with Gasteiger partial charge in [-0.2, -0.15) is 6.61 Å². The summed E-state index contributed by atoms with van der Waals surface area (Å²) in [6.07, 6.45) is 1.16. The molecule has 2 heterocycles. The lowest BCUT2D eigenvalue weighted by Gasteiger charge is -2.55. The van der Waals surface area contributed by atoms with Crippen molar-refractivity contribution in [3.05, 3.63) is 6.61 Å². The molecular formula is C21H43O4Si2-. The van der Waals surface area contributed by atoms with Crippen molar-refractivity contribution in [1.29, 1.82) is 0 Å². The minimum Gasteiger partial charge on any atom is -0.570 e. The molecule has 0 N–H and O–H groups in total. The topological polar surface area (TPSA) is 40.2 Å². The van der Waals surface area contributed by atoms with Gasteiger partial charge in [0.1, 0.15) is 0 Å². The number of epoxide rings is 1. The molecule has 2 aliphatic heterocycles. The third kappa shape index (κ3) is 4.72. The zero-order chi connectivity index (χ0) is 20.7. The van der Waals surface area contributed by atoms with Crippen LogP contribution in [-0.4, -0.2) is 41.8 Å². The van der Waals surface area contributed by atoms with E-state index in [0.717, 1.165) is 18.5 Å². The fourth-order valence-electron chi connectivity index (χ4n) is 4.92. The van der Waals surface area contributed by atoms with E-state index in [4.69, 9.17) is 18.0 Å². The average molecular weight is 416 g/mol. The maximum atomic E-state index is 6.99. The van der Waals surface area contributed by atoms with E-state index in [2.05, 4.69) is 69.2 Å². The van der Waals surface area contributed by atoms with Crippen LogP contribution in [0.4, 0.5) is 0 Å². The summed E-state index contributed by atoms with van der Waals surface area (Å²) < 4.78 is 26.1. The molecule has 160 valence electrons. The molecule has 0 amide bonds. The number of rotatable bonds is 7. The lowest BCUT2D eigenvalue weighted by atomic mass is 10.1. The minimum atomic E-state index is -2.49. The Hall–Kier alpha value is 0.274. The highest BCUT2D eigenvalue weighted by molar-refractivity contribution is 6.75. The van der Waals surface area contributed by atoms with Gasteiger partial charge >= 0.3 is 8.56 Å². The molecule has 0 saturated carbocycles. The van der Waals surface area contributed by atoms with Gasteiger partial charge in [-0.3, -0.25) is 0 Å². The van der Waals surface area contributed by atoms with E-state index in [9.17, 15) is 0 Å². The summed E-state index contributed by atoms with van der Waals surface area (Å²) in [6.45, 7) is 25.4. The minimum absolute atomic E-state index is 0.00926. The highest BCUT2D eigenvalue weighted by Gasteiger charge is 2.62. The second kappa shape index (κ2) is 8.19. The van der Waals surface area contributed by atoms with E-state index in [0.29, 0.717) is 12.1 Å². The van der Waals surface area contributed by atoms with Crippen LogP contribution in [-0.2, 0) is 18.0 Å². The Bertz CT molecular complexity index is 473. The first kappa shape index (κ1) is 23.6. The van der Waals surface area contributed by atoms with Crippen LogP contribution >= 0.6 is 0 Å². The van der Waals surface area contributed by atoms with Crippen molar-refractivity contribution in [3.8, 4) is 0 Å². The first-order chi connectivity index (χ1) is 12.3. The van der Waals surface area contributed by atoms with Gasteiger partial charge in [-0.25, -0.2) is 0 Å². The largest absolute Gasteiger partial charge is 0.570 e. The van der Waals surface area contributed by atoms with Crippen molar-refractivity contribution in [2.75, 3.05) is 6.61 Å². The van der Waals surface area contributed by atoms with E-state index in [1.165, 1.54) is 0 Å². The Labute approximate surface area is 170 Å². The first-order valence-electron chi connectivity index (χ1n) is 10.8. The summed E-state index contributed by atoms with van der Waals surface area (Å²) in [6, 6.07) is 2.27. The second-order valence-corrected chi connectivity index (χ2v) is 20.4. The zero-order valence-electron chi connectivity index (χ0n) is 19.3. The van der Waals surface area contributed by atoms with Crippen LogP contribution in [0.5, 0.6) is 0 Å². The zero-order valence-corrected chi connectivity index (χ0v) is 21.3. The van der Waals surface area contributed by atoms with Crippen molar-refractivity contribution >= 4 is 16.9 Å². The van der Waals surface area contributed by atoms with Gasteiger partial charge in [0.05, 0.1) is 18.8 Å². The van der Waals surface area contributed by atoms with E-state index >= 15 is 0 Å². The smallest absolute Gasteiger partial charge is 0.349 e. The van der Waals surface area contributed by atoms with Crippen LogP contribution in [0.3, 0.4) is 0 Å². The van der Waals surface area contributed by atoms with Crippen LogP contribution in [0.2, 0.25) is 27.7 Å². The Morgan fingerprint density at radius 3 is 1.96 bits per heavy atom. The summed E-state index contributed by atoms with van der Waals surface area (Å²) in [5, 5.41) is -0.0185. The molecule has 0 aromatic carbocycles. The molecular weight excluding hydrogens is 372 g/mol. The van der Waals surface area contributed by atoms with Gasteiger partial charge in [-0.05, 0) is 24.1 Å². The molecule has 0 unspecified atom stereocenters. The summed E-state index contributed by atoms with van der Waals surface area (Å²) in [5.74, 6) is 0. The van der Waals surface area contributed by atoms with E-state index < -0.39 is 16.9 Å². The normalized spacial score (nSPS) is 29.2.